The molecule has 0 heterocycles. The highest BCUT2D eigenvalue weighted by atomic mass is 79.9. The first kappa shape index (κ1) is 15.6. The molecule has 0 aliphatic rings. The highest BCUT2D eigenvalue weighted by Crippen LogP contribution is 2.24. The van der Waals surface area contributed by atoms with Gasteiger partial charge in [-0.2, -0.15) is 5.26 Å². The molecule has 0 spiro atoms. The molecule has 2 aromatic rings. The van der Waals surface area contributed by atoms with Gasteiger partial charge in [-0.25, -0.2) is 0 Å². The van der Waals surface area contributed by atoms with Crippen LogP contribution >= 0.6 is 15.9 Å². The van der Waals surface area contributed by atoms with Crippen LogP contribution in [0, 0.1) is 11.3 Å². The van der Waals surface area contributed by atoms with Crippen LogP contribution in [0.5, 0.6) is 5.75 Å². The second-order valence-corrected chi connectivity index (χ2v) is 5.81. The van der Waals surface area contributed by atoms with E-state index in [4.69, 9.17) is 10.00 Å². The topological polar surface area (TPSA) is 36.3 Å². The van der Waals surface area contributed by atoms with Crippen molar-refractivity contribution in [1.82, 2.24) is 4.90 Å². The van der Waals surface area contributed by atoms with Crippen LogP contribution in [0.4, 0.5) is 0 Å². The lowest BCUT2D eigenvalue weighted by atomic mass is 10.1. The Hall–Kier alpha value is -1.83. The van der Waals surface area contributed by atoms with E-state index in [1.54, 1.807) is 7.11 Å². The average molecular weight is 345 g/mol. The Morgan fingerprint density at radius 3 is 2.57 bits per heavy atom. The third-order valence-electron chi connectivity index (χ3n) is 3.26. The number of nitrogens with zero attached hydrogens (tertiary/aromatic N) is 2. The van der Waals surface area contributed by atoms with Gasteiger partial charge in [-0.05, 0) is 36.9 Å². The molecule has 0 saturated heterocycles. The Balaban J connectivity index is 2.14. The zero-order valence-electron chi connectivity index (χ0n) is 12.1. The normalized spacial score (nSPS) is 10.4. The van der Waals surface area contributed by atoms with E-state index >= 15 is 0 Å². The highest BCUT2D eigenvalue weighted by molar-refractivity contribution is 9.10. The Morgan fingerprint density at radius 1 is 1.14 bits per heavy atom. The number of nitriles is 1. The predicted molar refractivity (Wildman–Crippen MR) is 87.0 cm³/mol. The number of halogens is 1. The van der Waals surface area contributed by atoms with Crippen molar-refractivity contribution in [3.8, 4) is 11.8 Å². The SMILES string of the molecule is COc1ccc(Br)cc1CN(C)Cc1ccccc1C#N. The first-order valence-electron chi connectivity index (χ1n) is 6.63. The van der Waals surface area contributed by atoms with Crippen molar-refractivity contribution in [3.05, 3.63) is 63.6 Å². The highest BCUT2D eigenvalue weighted by Gasteiger charge is 2.09. The summed E-state index contributed by atoms with van der Waals surface area (Å²) in [5.74, 6) is 0.874. The summed E-state index contributed by atoms with van der Waals surface area (Å²) in [6.45, 7) is 1.47. The molecule has 0 aromatic heterocycles. The van der Waals surface area contributed by atoms with Crippen LogP contribution in [0.3, 0.4) is 0 Å². The van der Waals surface area contributed by atoms with Crippen LogP contribution in [0.2, 0.25) is 0 Å². The second-order valence-electron chi connectivity index (χ2n) is 4.90. The molecule has 0 radical (unpaired) electrons. The summed E-state index contributed by atoms with van der Waals surface area (Å²) in [6, 6.07) is 15.9. The Bertz CT molecular complexity index is 664. The zero-order chi connectivity index (χ0) is 15.2. The van der Waals surface area contributed by atoms with E-state index in [-0.39, 0.29) is 0 Å². The minimum atomic E-state index is 0.722. The lowest BCUT2D eigenvalue weighted by Crippen LogP contribution is -2.18. The number of ether oxygens (including phenoxy) is 1. The fraction of sp³-hybridized carbons (Fsp3) is 0.235. The van der Waals surface area contributed by atoms with Crippen molar-refractivity contribution < 1.29 is 4.74 Å². The largest absolute Gasteiger partial charge is 0.496 e. The van der Waals surface area contributed by atoms with Crippen molar-refractivity contribution in [2.45, 2.75) is 13.1 Å². The predicted octanol–water partition coefficient (Wildman–Crippen LogP) is 3.96. The van der Waals surface area contributed by atoms with Crippen molar-refractivity contribution in [2.24, 2.45) is 0 Å². The van der Waals surface area contributed by atoms with E-state index in [9.17, 15) is 0 Å². The van der Waals surface area contributed by atoms with E-state index in [1.165, 1.54) is 0 Å². The van der Waals surface area contributed by atoms with E-state index in [2.05, 4.69) is 33.0 Å². The van der Waals surface area contributed by atoms with Gasteiger partial charge in [0.1, 0.15) is 5.75 Å². The summed E-state index contributed by atoms with van der Waals surface area (Å²) in [4.78, 5) is 2.17. The van der Waals surface area contributed by atoms with Gasteiger partial charge < -0.3 is 4.74 Å². The van der Waals surface area contributed by atoms with Gasteiger partial charge in [-0.15, -0.1) is 0 Å². The van der Waals surface area contributed by atoms with Gasteiger partial charge in [0.25, 0.3) is 0 Å². The van der Waals surface area contributed by atoms with Crippen molar-refractivity contribution in [1.29, 1.82) is 5.26 Å². The van der Waals surface area contributed by atoms with Gasteiger partial charge in [0.05, 0.1) is 18.7 Å². The maximum absolute atomic E-state index is 9.14. The van der Waals surface area contributed by atoms with Crippen LogP contribution in [0.25, 0.3) is 0 Å². The fourth-order valence-corrected chi connectivity index (χ4v) is 2.68. The lowest BCUT2D eigenvalue weighted by Gasteiger charge is -2.19. The molecule has 108 valence electrons. The van der Waals surface area contributed by atoms with Gasteiger partial charge in [-0.1, -0.05) is 34.1 Å². The first-order chi connectivity index (χ1) is 10.1. The van der Waals surface area contributed by atoms with Gasteiger partial charge in [-0.3, -0.25) is 4.90 Å². The van der Waals surface area contributed by atoms with Crippen LogP contribution in [-0.4, -0.2) is 19.1 Å². The second kappa shape index (κ2) is 7.26. The maximum Gasteiger partial charge on any atom is 0.123 e. The van der Waals surface area contributed by atoms with Crippen LogP contribution in [0.1, 0.15) is 16.7 Å². The summed E-state index contributed by atoms with van der Waals surface area (Å²) < 4.78 is 6.43. The molecule has 0 atom stereocenters. The first-order valence-corrected chi connectivity index (χ1v) is 7.42. The van der Waals surface area contributed by atoms with Crippen molar-refractivity contribution >= 4 is 15.9 Å². The molecule has 21 heavy (non-hydrogen) atoms. The van der Waals surface area contributed by atoms with Crippen LogP contribution in [0.15, 0.2) is 46.9 Å². The molecule has 2 aromatic carbocycles. The van der Waals surface area contributed by atoms with E-state index in [0.29, 0.717) is 0 Å². The molecule has 4 heteroatoms. The van der Waals surface area contributed by atoms with Gasteiger partial charge >= 0.3 is 0 Å². The molecule has 0 saturated carbocycles. The summed E-state index contributed by atoms with van der Waals surface area (Å²) in [5.41, 5.74) is 2.88. The van der Waals surface area contributed by atoms with E-state index in [0.717, 1.165) is 40.0 Å². The lowest BCUT2D eigenvalue weighted by molar-refractivity contribution is 0.310. The molecule has 0 bridgehead atoms. The summed E-state index contributed by atoms with van der Waals surface area (Å²) >= 11 is 3.49. The molecule has 0 aliphatic carbocycles. The van der Waals surface area contributed by atoms with Crippen LogP contribution in [-0.2, 0) is 13.1 Å². The summed E-state index contributed by atoms with van der Waals surface area (Å²) in [6.07, 6.45) is 0. The minimum absolute atomic E-state index is 0.722. The number of benzene rings is 2. The molecule has 0 amide bonds. The smallest absolute Gasteiger partial charge is 0.123 e. The fourth-order valence-electron chi connectivity index (χ4n) is 2.28. The molecule has 0 fully saturated rings. The van der Waals surface area contributed by atoms with E-state index < -0.39 is 0 Å². The minimum Gasteiger partial charge on any atom is -0.496 e. The molecular formula is C17H17BrN2O. The molecule has 3 nitrogen and oxygen atoms in total. The Kier molecular flexibility index (Phi) is 5.38. The third kappa shape index (κ3) is 4.07. The standard InChI is InChI=1S/C17H17BrN2O/c1-20(11-14-6-4-3-5-13(14)10-19)12-15-9-16(18)7-8-17(15)21-2/h3-9H,11-12H2,1-2H3. The monoisotopic (exact) mass is 344 g/mol. The number of hydrogen-bond acceptors (Lipinski definition) is 3. The van der Waals surface area contributed by atoms with Gasteiger partial charge in [0.2, 0.25) is 0 Å². The van der Waals surface area contributed by atoms with Crippen molar-refractivity contribution in [3.63, 3.8) is 0 Å². The Morgan fingerprint density at radius 2 is 1.86 bits per heavy atom. The number of methoxy groups -OCH3 is 1. The van der Waals surface area contributed by atoms with E-state index in [1.807, 2.05) is 43.4 Å². The molecule has 0 aliphatic heterocycles. The summed E-state index contributed by atoms with van der Waals surface area (Å²) in [7, 11) is 3.71. The average Bonchev–Trinajstić information content (AvgIpc) is 2.48. The Labute approximate surface area is 133 Å². The molecule has 0 unspecified atom stereocenters. The van der Waals surface area contributed by atoms with Crippen molar-refractivity contribution in [2.75, 3.05) is 14.2 Å². The van der Waals surface area contributed by atoms with Gasteiger partial charge in [0, 0.05) is 23.1 Å². The quantitative estimate of drug-likeness (QED) is 0.823. The molecule has 2 rings (SSSR count). The maximum atomic E-state index is 9.14. The zero-order valence-corrected chi connectivity index (χ0v) is 13.7. The van der Waals surface area contributed by atoms with Crippen LogP contribution < -0.4 is 4.74 Å². The van der Waals surface area contributed by atoms with Gasteiger partial charge in [0.15, 0.2) is 0 Å². The molecule has 0 N–H and O–H groups in total. The number of rotatable bonds is 5. The number of hydrogen-bond donors (Lipinski definition) is 0. The summed E-state index contributed by atoms with van der Waals surface area (Å²) in [5, 5.41) is 9.14. The third-order valence-corrected chi connectivity index (χ3v) is 3.75. The molecular weight excluding hydrogens is 328 g/mol.